The molecular formula is C17H34S2. The van der Waals surface area contributed by atoms with Gasteiger partial charge in [0.25, 0.3) is 0 Å². The third-order valence-corrected chi connectivity index (χ3v) is 5.52. The highest BCUT2D eigenvalue weighted by Gasteiger charge is 2.08. The van der Waals surface area contributed by atoms with Gasteiger partial charge in [-0.2, -0.15) is 0 Å². The first kappa shape index (κ1) is 19.4. The van der Waals surface area contributed by atoms with Crippen molar-refractivity contribution in [3.05, 3.63) is 12.2 Å². The third kappa shape index (κ3) is 18.4. The highest BCUT2D eigenvalue weighted by Crippen LogP contribution is 2.27. The molecule has 0 unspecified atom stereocenters. The molecule has 0 aliphatic rings. The Kier molecular flexibility index (Phi) is 13.7. The molecule has 0 aromatic carbocycles. The Labute approximate surface area is 130 Å². The van der Waals surface area contributed by atoms with E-state index in [4.69, 9.17) is 0 Å². The lowest BCUT2D eigenvalue weighted by Gasteiger charge is -2.17. The molecule has 0 aromatic heterocycles. The highest BCUT2D eigenvalue weighted by molar-refractivity contribution is 8.76. The van der Waals surface area contributed by atoms with E-state index in [1.165, 1.54) is 62.9 Å². The Morgan fingerprint density at radius 2 is 1.47 bits per heavy atom. The van der Waals surface area contributed by atoms with Gasteiger partial charge in [0, 0.05) is 11.5 Å². The zero-order valence-electron chi connectivity index (χ0n) is 13.5. The summed E-state index contributed by atoms with van der Waals surface area (Å²) in [7, 11) is 4.09. The lowest BCUT2D eigenvalue weighted by molar-refractivity contribution is 0.375. The maximum Gasteiger partial charge on any atom is 0.00715 e. The summed E-state index contributed by atoms with van der Waals surface area (Å²) >= 11 is 0. The molecule has 0 atom stereocenters. The lowest BCUT2D eigenvalue weighted by Crippen LogP contribution is -2.04. The van der Waals surface area contributed by atoms with Crippen LogP contribution in [0.15, 0.2) is 12.2 Å². The van der Waals surface area contributed by atoms with Crippen LogP contribution in [0.1, 0.15) is 79.1 Å². The van der Waals surface area contributed by atoms with Crippen LogP contribution in [0.3, 0.4) is 0 Å². The fourth-order valence-electron chi connectivity index (χ4n) is 1.82. The minimum atomic E-state index is 0.506. The Morgan fingerprint density at radius 3 is 2.16 bits per heavy atom. The topological polar surface area (TPSA) is 0 Å². The summed E-state index contributed by atoms with van der Waals surface area (Å²) in [6, 6.07) is 0. The Bertz CT molecular complexity index is 204. The van der Waals surface area contributed by atoms with Crippen LogP contribution < -0.4 is 0 Å². The van der Waals surface area contributed by atoms with Gasteiger partial charge in [-0.25, -0.2) is 0 Å². The molecule has 0 nitrogen and oxygen atoms in total. The van der Waals surface area contributed by atoms with Crippen molar-refractivity contribution in [3.8, 4) is 0 Å². The predicted molar refractivity (Wildman–Crippen MR) is 96.1 cm³/mol. The second-order valence-electron chi connectivity index (χ2n) is 6.42. The largest absolute Gasteiger partial charge is 0.0941 e. The molecular weight excluding hydrogens is 268 g/mol. The van der Waals surface area contributed by atoms with E-state index in [0.29, 0.717) is 5.41 Å². The van der Waals surface area contributed by atoms with E-state index in [0.717, 1.165) is 0 Å². The Hall–Kier alpha value is 0.440. The standard InChI is InChI=1S/C17H34S2/c1-5-6-7-8-9-10-11-12-15-18-19-16-13-14-17(2,3)4/h10-11H,5-9,12-16H2,1-4H3/b11-10-. The number of rotatable bonds is 12. The first-order valence-corrected chi connectivity index (χ1v) is 10.4. The molecule has 0 heterocycles. The molecule has 0 spiro atoms. The average Bonchev–Trinajstić information content (AvgIpc) is 2.34. The molecule has 0 N–H and O–H groups in total. The molecule has 0 aromatic rings. The molecule has 0 rings (SSSR count). The van der Waals surface area contributed by atoms with E-state index in [9.17, 15) is 0 Å². The number of allylic oxidation sites excluding steroid dienone is 2. The van der Waals surface area contributed by atoms with E-state index < -0.39 is 0 Å². The summed E-state index contributed by atoms with van der Waals surface area (Å²) in [4.78, 5) is 0. The second kappa shape index (κ2) is 13.4. The molecule has 19 heavy (non-hydrogen) atoms. The van der Waals surface area contributed by atoms with E-state index >= 15 is 0 Å². The molecule has 0 radical (unpaired) electrons. The summed E-state index contributed by atoms with van der Waals surface area (Å²) in [5.74, 6) is 2.58. The van der Waals surface area contributed by atoms with Gasteiger partial charge in [-0.05, 0) is 37.5 Å². The zero-order chi connectivity index (χ0) is 14.4. The number of hydrogen-bond donors (Lipinski definition) is 0. The van der Waals surface area contributed by atoms with Crippen LogP contribution in [0.5, 0.6) is 0 Å². The minimum Gasteiger partial charge on any atom is -0.0941 e. The number of hydrogen-bond acceptors (Lipinski definition) is 2. The van der Waals surface area contributed by atoms with Crippen molar-refractivity contribution < 1.29 is 0 Å². The van der Waals surface area contributed by atoms with Gasteiger partial charge in [-0.1, -0.05) is 80.7 Å². The van der Waals surface area contributed by atoms with Crippen LogP contribution in [0, 0.1) is 5.41 Å². The monoisotopic (exact) mass is 302 g/mol. The van der Waals surface area contributed by atoms with Gasteiger partial charge in [0.15, 0.2) is 0 Å². The van der Waals surface area contributed by atoms with Crippen molar-refractivity contribution in [1.29, 1.82) is 0 Å². The summed E-state index contributed by atoms with van der Waals surface area (Å²) in [5, 5.41) is 0. The smallest absolute Gasteiger partial charge is 0.00715 e. The predicted octanol–water partition coefficient (Wildman–Crippen LogP) is 7.11. The first-order valence-electron chi connectivity index (χ1n) is 7.95. The second-order valence-corrected chi connectivity index (χ2v) is 9.12. The number of unbranched alkanes of at least 4 members (excludes halogenated alkanes) is 4. The van der Waals surface area contributed by atoms with E-state index in [1.54, 1.807) is 0 Å². The quantitative estimate of drug-likeness (QED) is 0.214. The highest BCUT2D eigenvalue weighted by atomic mass is 33.1. The maximum atomic E-state index is 2.38. The van der Waals surface area contributed by atoms with Crippen LogP contribution in [-0.2, 0) is 0 Å². The molecule has 0 aliphatic carbocycles. The van der Waals surface area contributed by atoms with E-state index in [-0.39, 0.29) is 0 Å². The van der Waals surface area contributed by atoms with Gasteiger partial charge in [0.1, 0.15) is 0 Å². The summed E-state index contributed by atoms with van der Waals surface area (Å²) in [6.07, 6.45) is 15.5. The van der Waals surface area contributed by atoms with Crippen molar-refractivity contribution in [2.24, 2.45) is 5.41 Å². The molecule has 114 valence electrons. The molecule has 2 heteroatoms. The van der Waals surface area contributed by atoms with Gasteiger partial charge in [-0.15, -0.1) is 0 Å². The molecule has 0 saturated heterocycles. The minimum absolute atomic E-state index is 0.506. The van der Waals surface area contributed by atoms with Crippen molar-refractivity contribution in [2.45, 2.75) is 79.1 Å². The average molecular weight is 303 g/mol. The Morgan fingerprint density at radius 1 is 0.789 bits per heavy atom. The van der Waals surface area contributed by atoms with Crippen LogP contribution in [0.2, 0.25) is 0 Å². The fraction of sp³-hybridized carbons (Fsp3) is 0.882. The van der Waals surface area contributed by atoms with E-state index in [1.807, 2.05) is 10.8 Å². The molecule has 0 bridgehead atoms. The van der Waals surface area contributed by atoms with Gasteiger partial charge >= 0.3 is 0 Å². The van der Waals surface area contributed by atoms with Crippen molar-refractivity contribution >= 4 is 21.6 Å². The van der Waals surface area contributed by atoms with Crippen LogP contribution in [0.4, 0.5) is 0 Å². The fourth-order valence-corrected chi connectivity index (χ4v) is 3.90. The van der Waals surface area contributed by atoms with Gasteiger partial charge in [0.05, 0.1) is 0 Å². The molecule has 0 amide bonds. The third-order valence-electron chi connectivity index (χ3n) is 3.00. The van der Waals surface area contributed by atoms with Crippen molar-refractivity contribution in [1.82, 2.24) is 0 Å². The van der Waals surface area contributed by atoms with Gasteiger partial charge in [0.2, 0.25) is 0 Å². The van der Waals surface area contributed by atoms with Gasteiger partial charge < -0.3 is 0 Å². The first-order chi connectivity index (χ1) is 9.06. The summed E-state index contributed by atoms with van der Waals surface area (Å²) < 4.78 is 0. The lowest BCUT2D eigenvalue weighted by atomic mass is 9.91. The van der Waals surface area contributed by atoms with Crippen molar-refractivity contribution in [2.75, 3.05) is 11.5 Å². The zero-order valence-corrected chi connectivity index (χ0v) is 15.2. The SMILES string of the molecule is CCCCCC/C=C\CCSSCCCC(C)(C)C. The van der Waals surface area contributed by atoms with Crippen LogP contribution >= 0.6 is 21.6 Å². The summed E-state index contributed by atoms with van der Waals surface area (Å²) in [5.41, 5.74) is 0.506. The summed E-state index contributed by atoms with van der Waals surface area (Å²) in [6.45, 7) is 9.26. The van der Waals surface area contributed by atoms with Gasteiger partial charge in [-0.3, -0.25) is 0 Å². The van der Waals surface area contributed by atoms with E-state index in [2.05, 4.69) is 50.6 Å². The van der Waals surface area contributed by atoms with Crippen LogP contribution in [0.25, 0.3) is 0 Å². The Balaban J connectivity index is 3.12. The molecule has 0 fully saturated rings. The normalized spacial score (nSPS) is 12.4. The van der Waals surface area contributed by atoms with Crippen molar-refractivity contribution in [3.63, 3.8) is 0 Å². The molecule has 0 aliphatic heterocycles. The maximum absolute atomic E-state index is 2.38. The molecule has 0 saturated carbocycles. The van der Waals surface area contributed by atoms with Crippen LogP contribution in [-0.4, -0.2) is 11.5 Å².